The largest absolute Gasteiger partial charge is 0.460 e. The molecule has 1 aromatic carbocycles. The standard InChI is InChI=1S/C23H25ClFN3O6S/c1-3-32-16-7-9-28(10-8-16)22-17(12-15(24)13-26-22)27-35(30,31)19-6-5-14-11-18(23(29)33-4-2)34-21(14)20(19)25/h5-6,11-13,16,27H,3-4,7-10H2,1-2H3. The molecular formula is C23H25ClFN3O6S. The predicted molar refractivity (Wildman–Crippen MR) is 129 cm³/mol. The maximum absolute atomic E-state index is 15.2. The number of hydrogen-bond acceptors (Lipinski definition) is 8. The van der Waals surface area contributed by atoms with Gasteiger partial charge in [-0.05, 0) is 51.0 Å². The number of hydrogen-bond donors (Lipinski definition) is 1. The molecule has 1 N–H and O–H groups in total. The van der Waals surface area contributed by atoms with Gasteiger partial charge >= 0.3 is 5.97 Å². The molecule has 9 nitrogen and oxygen atoms in total. The number of esters is 1. The number of rotatable bonds is 8. The molecule has 188 valence electrons. The number of piperidine rings is 1. The van der Waals surface area contributed by atoms with Gasteiger partial charge in [0.1, 0.15) is 4.90 Å². The highest BCUT2D eigenvalue weighted by Gasteiger charge is 2.28. The van der Waals surface area contributed by atoms with E-state index in [9.17, 15) is 13.2 Å². The molecular weight excluding hydrogens is 501 g/mol. The number of ether oxygens (including phenoxy) is 2. The molecule has 2 aromatic heterocycles. The first-order valence-electron chi connectivity index (χ1n) is 11.2. The summed E-state index contributed by atoms with van der Waals surface area (Å²) >= 11 is 6.09. The number of carbonyl (C=O) groups excluding carboxylic acids is 1. The third kappa shape index (κ3) is 5.36. The first-order valence-corrected chi connectivity index (χ1v) is 13.0. The molecule has 0 spiro atoms. The van der Waals surface area contributed by atoms with Gasteiger partial charge in [-0.3, -0.25) is 4.72 Å². The van der Waals surface area contributed by atoms with E-state index < -0.39 is 26.7 Å². The lowest BCUT2D eigenvalue weighted by Crippen LogP contribution is -2.38. The van der Waals surface area contributed by atoms with Crippen LogP contribution in [-0.4, -0.2) is 51.8 Å². The summed E-state index contributed by atoms with van der Waals surface area (Å²) in [7, 11) is -4.41. The maximum atomic E-state index is 15.2. The van der Waals surface area contributed by atoms with Gasteiger partial charge in [-0.25, -0.2) is 22.6 Å². The SMILES string of the molecule is CCOC(=O)c1cc2ccc(S(=O)(=O)Nc3cc(Cl)cnc3N3CCC(OCC)CC3)c(F)c2o1. The Morgan fingerprint density at radius 3 is 2.69 bits per heavy atom. The monoisotopic (exact) mass is 525 g/mol. The lowest BCUT2D eigenvalue weighted by molar-refractivity contribution is 0.0458. The van der Waals surface area contributed by atoms with E-state index in [0.29, 0.717) is 25.5 Å². The van der Waals surface area contributed by atoms with E-state index in [4.69, 9.17) is 25.5 Å². The Bertz CT molecular complexity index is 1340. The zero-order valence-corrected chi connectivity index (χ0v) is 20.8. The zero-order chi connectivity index (χ0) is 25.2. The van der Waals surface area contributed by atoms with Crippen LogP contribution in [-0.2, 0) is 19.5 Å². The number of pyridine rings is 1. The number of nitrogens with one attached hydrogen (secondary N) is 1. The van der Waals surface area contributed by atoms with Crippen LogP contribution in [0.25, 0.3) is 11.0 Å². The topological polar surface area (TPSA) is 111 Å². The van der Waals surface area contributed by atoms with Gasteiger partial charge in [0.2, 0.25) is 5.76 Å². The van der Waals surface area contributed by atoms with Crippen molar-refractivity contribution >= 4 is 50.1 Å². The van der Waals surface area contributed by atoms with E-state index in [2.05, 4.69) is 9.71 Å². The molecule has 4 rings (SSSR count). The van der Waals surface area contributed by atoms with Gasteiger partial charge in [-0.15, -0.1) is 0 Å². The van der Waals surface area contributed by atoms with Crippen molar-refractivity contribution in [3.05, 3.63) is 47.1 Å². The van der Waals surface area contributed by atoms with Gasteiger partial charge in [0.25, 0.3) is 10.0 Å². The van der Waals surface area contributed by atoms with Crippen LogP contribution in [0.2, 0.25) is 5.02 Å². The highest BCUT2D eigenvalue weighted by atomic mass is 35.5. The van der Waals surface area contributed by atoms with E-state index in [1.807, 2.05) is 11.8 Å². The van der Waals surface area contributed by atoms with Gasteiger partial charge < -0.3 is 18.8 Å². The Balaban J connectivity index is 1.64. The Hall–Kier alpha value is -2.89. The number of aromatic nitrogens is 1. The van der Waals surface area contributed by atoms with Crippen LogP contribution in [0.4, 0.5) is 15.9 Å². The average Bonchev–Trinajstić information content (AvgIpc) is 3.26. The lowest BCUT2D eigenvalue weighted by Gasteiger charge is -2.33. The third-order valence-corrected chi connectivity index (χ3v) is 7.17. The second kappa shape index (κ2) is 10.4. The van der Waals surface area contributed by atoms with Gasteiger partial charge in [-0.1, -0.05) is 11.6 Å². The molecule has 0 bridgehead atoms. The minimum absolute atomic E-state index is 0.112. The van der Waals surface area contributed by atoms with Gasteiger partial charge in [-0.2, -0.15) is 0 Å². The molecule has 1 fully saturated rings. The van der Waals surface area contributed by atoms with E-state index in [-0.39, 0.29) is 40.2 Å². The molecule has 12 heteroatoms. The summed E-state index contributed by atoms with van der Waals surface area (Å²) in [5.41, 5.74) is -0.239. The maximum Gasteiger partial charge on any atom is 0.374 e. The minimum Gasteiger partial charge on any atom is -0.460 e. The van der Waals surface area contributed by atoms with Crippen LogP contribution >= 0.6 is 11.6 Å². The minimum atomic E-state index is -4.41. The molecule has 1 aliphatic rings. The fourth-order valence-electron chi connectivity index (χ4n) is 3.99. The molecule has 0 aliphatic carbocycles. The average molecular weight is 526 g/mol. The van der Waals surface area contributed by atoms with Crippen molar-refractivity contribution in [3.63, 3.8) is 0 Å². The van der Waals surface area contributed by atoms with E-state index in [1.165, 1.54) is 24.4 Å². The first kappa shape index (κ1) is 25.2. The molecule has 3 aromatic rings. The van der Waals surface area contributed by atoms with Crippen LogP contribution in [0.3, 0.4) is 0 Å². The number of sulfonamides is 1. The molecule has 0 unspecified atom stereocenters. The van der Waals surface area contributed by atoms with Crippen molar-refractivity contribution in [3.8, 4) is 0 Å². The van der Waals surface area contributed by atoms with Crippen LogP contribution in [0.1, 0.15) is 37.2 Å². The van der Waals surface area contributed by atoms with Crippen LogP contribution < -0.4 is 9.62 Å². The Kier molecular flexibility index (Phi) is 7.48. The Morgan fingerprint density at radius 1 is 1.26 bits per heavy atom. The lowest BCUT2D eigenvalue weighted by atomic mass is 10.1. The van der Waals surface area contributed by atoms with Crippen LogP contribution in [0, 0.1) is 5.82 Å². The Labute approximate surface area is 207 Å². The number of anilines is 2. The highest BCUT2D eigenvalue weighted by Crippen LogP contribution is 2.33. The van der Waals surface area contributed by atoms with Gasteiger partial charge in [0.05, 0.1) is 23.4 Å². The van der Waals surface area contributed by atoms with Crippen molar-refractivity contribution < 1.29 is 31.5 Å². The van der Waals surface area contributed by atoms with E-state index in [1.54, 1.807) is 6.92 Å². The number of halogens is 2. The second-order valence-corrected chi connectivity index (χ2v) is 9.99. The number of carbonyl (C=O) groups is 1. The first-order chi connectivity index (χ1) is 16.7. The summed E-state index contributed by atoms with van der Waals surface area (Å²) in [5, 5.41) is 0.448. The van der Waals surface area contributed by atoms with Gasteiger partial charge in [0, 0.05) is 31.3 Å². The number of benzene rings is 1. The quantitative estimate of drug-likeness (QED) is 0.425. The number of furan rings is 1. The number of fused-ring (bicyclic) bond motifs is 1. The summed E-state index contributed by atoms with van der Waals surface area (Å²) in [6.07, 6.45) is 3.08. The molecule has 0 amide bonds. The van der Waals surface area contributed by atoms with E-state index >= 15 is 4.39 Å². The van der Waals surface area contributed by atoms with Crippen LogP contribution in [0.15, 0.2) is 39.8 Å². The number of nitrogens with zero attached hydrogens (tertiary/aromatic N) is 2. The highest BCUT2D eigenvalue weighted by molar-refractivity contribution is 7.92. The molecule has 1 saturated heterocycles. The van der Waals surface area contributed by atoms with Crippen molar-refractivity contribution in [1.82, 2.24) is 4.98 Å². The van der Waals surface area contributed by atoms with Crippen molar-refractivity contribution in [2.24, 2.45) is 0 Å². The second-order valence-electron chi connectivity index (χ2n) is 7.90. The third-order valence-electron chi connectivity index (χ3n) is 5.58. The molecule has 3 heterocycles. The molecule has 0 saturated carbocycles. The van der Waals surface area contributed by atoms with Crippen molar-refractivity contribution in [2.75, 3.05) is 35.9 Å². The summed E-state index contributed by atoms with van der Waals surface area (Å²) in [4.78, 5) is 17.5. The fourth-order valence-corrected chi connectivity index (χ4v) is 5.27. The predicted octanol–water partition coefficient (Wildman–Crippen LogP) is 4.60. The summed E-state index contributed by atoms with van der Waals surface area (Å²) < 4.78 is 59.9. The van der Waals surface area contributed by atoms with Gasteiger partial charge in [0.15, 0.2) is 17.2 Å². The van der Waals surface area contributed by atoms with E-state index in [0.717, 1.165) is 18.9 Å². The molecule has 0 atom stereocenters. The van der Waals surface area contributed by atoms with Crippen molar-refractivity contribution in [2.45, 2.75) is 37.7 Å². The normalized spacial score (nSPS) is 14.9. The zero-order valence-electron chi connectivity index (χ0n) is 19.2. The summed E-state index contributed by atoms with van der Waals surface area (Å²) in [6, 6.07) is 5.19. The molecule has 35 heavy (non-hydrogen) atoms. The molecule has 1 aliphatic heterocycles. The fraction of sp³-hybridized carbons (Fsp3) is 0.391. The van der Waals surface area contributed by atoms with Crippen molar-refractivity contribution in [1.29, 1.82) is 0 Å². The summed E-state index contributed by atoms with van der Waals surface area (Å²) in [6.45, 7) is 5.52. The molecule has 0 radical (unpaired) electrons. The Morgan fingerprint density at radius 2 is 2.00 bits per heavy atom. The summed E-state index contributed by atoms with van der Waals surface area (Å²) in [5.74, 6) is -1.73. The van der Waals surface area contributed by atoms with Crippen LogP contribution in [0.5, 0.6) is 0 Å². The smallest absolute Gasteiger partial charge is 0.374 e.